The molecule has 0 bridgehead atoms. The van der Waals surface area contributed by atoms with Gasteiger partial charge < -0.3 is 14.2 Å². The average molecular weight is 992 g/mol. The van der Waals surface area contributed by atoms with Crippen molar-refractivity contribution in [1.29, 1.82) is 0 Å². The van der Waals surface area contributed by atoms with Crippen LogP contribution in [0.3, 0.4) is 0 Å². The maximum atomic E-state index is 12.8. The zero-order valence-corrected chi connectivity index (χ0v) is 47.0. The second kappa shape index (κ2) is 59.4. The van der Waals surface area contributed by atoms with Crippen molar-refractivity contribution in [2.45, 2.75) is 309 Å². The van der Waals surface area contributed by atoms with Gasteiger partial charge in [0.15, 0.2) is 6.10 Å². The molecule has 0 amide bonds. The second-order valence-corrected chi connectivity index (χ2v) is 20.2. The molecule has 0 N–H and O–H groups in total. The first-order chi connectivity index (χ1) is 35.0. The van der Waals surface area contributed by atoms with Crippen LogP contribution in [-0.2, 0) is 28.6 Å². The van der Waals surface area contributed by atoms with Crippen LogP contribution in [0.4, 0.5) is 0 Å². The van der Waals surface area contributed by atoms with Crippen LogP contribution >= 0.6 is 0 Å². The van der Waals surface area contributed by atoms with Gasteiger partial charge in [-0.15, -0.1) is 0 Å². The fraction of sp³-hybridized carbons (Fsp3) is 0.769. The lowest BCUT2D eigenvalue weighted by Gasteiger charge is -2.18. The Kier molecular flexibility index (Phi) is 56.8. The van der Waals surface area contributed by atoms with Crippen LogP contribution in [0.15, 0.2) is 72.9 Å². The molecule has 410 valence electrons. The van der Waals surface area contributed by atoms with E-state index in [-0.39, 0.29) is 31.1 Å². The summed E-state index contributed by atoms with van der Waals surface area (Å²) in [5.41, 5.74) is 0. The molecule has 0 aliphatic heterocycles. The number of rotatable bonds is 55. The normalized spacial score (nSPS) is 12.5. The Morgan fingerprint density at radius 2 is 0.563 bits per heavy atom. The molecule has 0 aliphatic rings. The number of allylic oxidation sites excluding steroid dienone is 12. The van der Waals surface area contributed by atoms with E-state index in [9.17, 15) is 14.4 Å². The van der Waals surface area contributed by atoms with E-state index in [0.29, 0.717) is 19.3 Å². The molecule has 6 heteroatoms. The van der Waals surface area contributed by atoms with Crippen LogP contribution in [-0.4, -0.2) is 37.2 Å². The van der Waals surface area contributed by atoms with Gasteiger partial charge in [0.25, 0.3) is 0 Å². The Balaban J connectivity index is 4.21. The minimum atomic E-state index is -0.782. The van der Waals surface area contributed by atoms with Crippen molar-refractivity contribution in [3.63, 3.8) is 0 Å². The van der Waals surface area contributed by atoms with E-state index in [1.807, 2.05) is 0 Å². The van der Waals surface area contributed by atoms with Crippen molar-refractivity contribution in [1.82, 2.24) is 0 Å². The number of hydrogen-bond donors (Lipinski definition) is 0. The molecule has 1 atom stereocenters. The molecule has 0 fully saturated rings. The Labute approximate surface area is 440 Å². The number of esters is 3. The largest absolute Gasteiger partial charge is 0.462 e. The summed E-state index contributed by atoms with van der Waals surface area (Å²) in [4.78, 5) is 38.1. The third kappa shape index (κ3) is 57.6. The highest BCUT2D eigenvalue weighted by atomic mass is 16.6. The van der Waals surface area contributed by atoms with Gasteiger partial charge in [0.05, 0.1) is 0 Å². The van der Waals surface area contributed by atoms with E-state index in [0.717, 1.165) is 103 Å². The van der Waals surface area contributed by atoms with E-state index >= 15 is 0 Å². The lowest BCUT2D eigenvalue weighted by Crippen LogP contribution is -2.30. The predicted octanol–water partition coefficient (Wildman–Crippen LogP) is 20.5. The van der Waals surface area contributed by atoms with Crippen LogP contribution in [0, 0.1) is 0 Å². The molecular formula is C65H114O6. The molecule has 71 heavy (non-hydrogen) atoms. The summed E-state index contributed by atoms with van der Waals surface area (Å²) < 4.78 is 16.9. The molecule has 0 radical (unpaired) electrons. The maximum Gasteiger partial charge on any atom is 0.306 e. The lowest BCUT2D eigenvalue weighted by molar-refractivity contribution is -0.167. The Morgan fingerprint density at radius 3 is 0.915 bits per heavy atom. The number of carbonyl (C=O) groups excluding carboxylic acids is 3. The van der Waals surface area contributed by atoms with Crippen molar-refractivity contribution < 1.29 is 28.6 Å². The topological polar surface area (TPSA) is 78.9 Å². The second-order valence-electron chi connectivity index (χ2n) is 20.2. The van der Waals surface area contributed by atoms with Gasteiger partial charge in [0, 0.05) is 19.3 Å². The molecule has 0 aliphatic carbocycles. The Bertz CT molecular complexity index is 1320. The zero-order chi connectivity index (χ0) is 51.4. The fourth-order valence-corrected chi connectivity index (χ4v) is 8.59. The molecule has 0 saturated heterocycles. The molecule has 0 spiro atoms. The van der Waals surface area contributed by atoms with Gasteiger partial charge in [0.2, 0.25) is 0 Å². The number of carbonyl (C=O) groups is 3. The summed E-state index contributed by atoms with van der Waals surface area (Å²) in [6.45, 7) is 6.49. The van der Waals surface area contributed by atoms with E-state index in [2.05, 4.69) is 93.7 Å². The van der Waals surface area contributed by atoms with Crippen molar-refractivity contribution in [3.05, 3.63) is 72.9 Å². The van der Waals surface area contributed by atoms with Crippen LogP contribution in [0.2, 0.25) is 0 Å². The van der Waals surface area contributed by atoms with Gasteiger partial charge in [-0.25, -0.2) is 0 Å². The molecule has 1 unspecified atom stereocenters. The number of unbranched alkanes of at least 4 members (excludes halogenated alkanes) is 32. The molecule has 0 aromatic heterocycles. The van der Waals surface area contributed by atoms with Crippen LogP contribution < -0.4 is 0 Å². The highest BCUT2D eigenvalue weighted by Gasteiger charge is 2.19. The minimum Gasteiger partial charge on any atom is -0.462 e. The lowest BCUT2D eigenvalue weighted by atomic mass is 10.0. The third-order valence-corrected chi connectivity index (χ3v) is 13.2. The number of ether oxygens (including phenoxy) is 3. The summed E-state index contributed by atoms with van der Waals surface area (Å²) in [6, 6.07) is 0. The first-order valence-corrected chi connectivity index (χ1v) is 30.4. The monoisotopic (exact) mass is 991 g/mol. The molecule has 0 rings (SSSR count). The first kappa shape index (κ1) is 67.8. The summed E-state index contributed by atoms with van der Waals surface area (Å²) in [7, 11) is 0. The van der Waals surface area contributed by atoms with Gasteiger partial charge in [-0.2, -0.15) is 0 Å². The van der Waals surface area contributed by atoms with Gasteiger partial charge in [-0.05, 0) is 103 Å². The van der Waals surface area contributed by atoms with Crippen LogP contribution in [0.5, 0.6) is 0 Å². The van der Waals surface area contributed by atoms with Crippen molar-refractivity contribution in [2.75, 3.05) is 13.2 Å². The molecule has 6 nitrogen and oxygen atoms in total. The predicted molar refractivity (Wildman–Crippen MR) is 307 cm³/mol. The Hall–Kier alpha value is -3.15. The van der Waals surface area contributed by atoms with Gasteiger partial charge >= 0.3 is 17.9 Å². The van der Waals surface area contributed by atoms with E-state index < -0.39 is 6.10 Å². The molecular weight excluding hydrogens is 877 g/mol. The summed E-state index contributed by atoms with van der Waals surface area (Å²) >= 11 is 0. The molecule has 0 heterocycles. The highest BCUT2D eigenvalue weighted by Crippen LogP contribution is 2.16. The number of hydrogen-bond acceptors (Lipinski definition) is 6. The highest BCUT2D eigenvalue weighted by molar-refractivity contribution is 5.71. The zero-order valence-electron chi connectivity index (χ0n) is 47.0. The Morgan fingerprint density at radius 1 is 0.296 bits per heavy atom. The van der Waals surface area contributed by atoms with Crippen molar-refractivity contribution in [2.24, 2.45) is 0 Å². The van der Waals surface area contributed by atoms with Crippen LogP contribution in [0.25, 0.3) is 0 Å². The standard InChI is InChI=1S/C65H114O6/c1-4-7-10-13-16-19-22-24-26-27-28-29-30-31-32-33-34-35-36-37-39-40-43-46-49-52-55-58-64(67)70-61-62(60-69-63(66)57-54-51-48-45-42-21-18-15-12-9-6-3)71-65(68)59-56-53-50-47-44-41-38-25-23-20-17-14-11-8-5-2/h7,10,15-16,18-19,24-26,28-29,38,62H,4-6,8-9,11-14,17,20-23,27,30-37,39-61H2,1-3H3/b10-7-,18-15-,19-16-,26-24-,29-28-,38-25-. The van der Waals surface area contributed by atoms with E-state index in [1.165, 1.54) is 161 Å². The molecule has 0 aromatic rings. The summed E-state index contributed by atoms with van der Waals surface area (Å²) in [6.07, 6.45) is 76.2. The minimum absolute atomic E-state index is 0.0796. The SMILES string of the molecule is CC/C=C\C/C=C\C/C=C\C/C=C\CCCCCCCCCCCCCCCCC(=O)OCC(COC(=O)CCCCCCC/C=C\CCCC)OC(=O)CCCCCCC/C=C\CCCCCCCC. The third-order valence-electron chi connectivity index (χ3n) is 13.2. The van der Waals surface area contributed by atoms with E-state index in [1.54, 1.807) is 0 Å². The smallest absolute Gasteiger partial charge is 0.306 e. The average Bonchev–Trinajstić information content (AvgIpc) is 3.37. The summed E-state index contributed by atoms with van der Waals surface area (Å²) in [5, 5.41) is 0. The quantitative estimate of drug-likeness (QED) is 0.0261. The van der Waals surface area contributed by atoms with Gasteiger partial charge in [-0.3, -0.25) is 14.4 Å². The maximum absolute atomic E-state index is 12.8. The van der Waals surface area contributed by atoms with Gasteiger partial charge in [0.1, 0.15) is 13.2 Å². The van der Waals surface area contributed by atoms with Crippen LogP contribution in [0.1, 0.15) is 303 Å². The van der Waals surface area contributed by atoms with Gasteiger partial charge in [-0.1, -0.05) is 254 Å². The van der Waals surface area contributed by atoms with E-state index in [4.69, 9.17) is 14.2 Å². The van der Waals surface area contributed by atoms with Crippen molar-refractivity contribution >= 4 is 17.9 Å². The summed E-state index contributed by atoms with van der Waals surface area (Å²) in [5.74, 6) is -0.888. The molecule has 0 saturated carbocycles. The first-order valence-electron chi connectivity index (χ1n) is 30.4. The molecule has 0 aromatic carbocycles. The van der Waals surface area contributed by atoms with Crippen molar-refractivity contribution in [3.8, 4) is 0 Å². The fourth-order valence-electron chi connectivity index (χ4n) is 8.59.